The van der Waals surface area contributed by atoms with E-state index in [2.05, 4.69) is 54.3 Å². The molecule has 0 amide bonds. The van der Waals surface area contributed by atoms with Crippen LogP contribution in [0.5, 0.6) is 0 Å². The number of hydrogen-bond donors (Lipinski definition) is 2. The zero-order valence-electron chi connectivity index (χ0n) is 12.8. The molecule has 0 saturated carbocycles. The molecule has 1 atom stereocenters. The molecule has 20 heavy (non-hydrogen) atoms. The molecule has 2 N–H and O–H groups in total. The van der Waals surface area contributed by atoms with Crippen LogP contribution in [0, 0.1) is 0 Å². The maximum Gasteiger partial charge on any atom is 0.0634 e. The average molecular weight is 273 g/mol. The molecule has 1 aliphatic heterocycles. The molecular weight excluding hydrogens is 246 g/mol. The molecule has 0 spiro atoms. The van der Waals surface area contributed by atoms with Crippen LogP contribution in [0.2, 0.25) is 0 Å². The van der Waals surface area contributed by atoms with Crippen LogP contribution in [0.3, 0.4) is 0 Å². The van der Waals surface area contributed by atoms with Crippen LogP contribution in [-0.4, -0.2) is 44.2 Å². The zero-order chi connectivity index (χ0) is 14.4. The molecule has 0 fully saturated rings. The summed E-state index contributed by atoms with van der Waals surface area (Å²) < 4.78 is 0. The fourth-order valence-electron chi connectivity index (χ4n) is 2.90. The van der Waals surface area contributed by atoms with Crippen molar-refractivity contribution in [2.45, 2.75) is 25.8 Å². The van der Waals surface area contributed by atoms with E-state index in [1.54, 1.807) is 0 Å². The monoisotopic (exact) mass is 273 g/mol. The predicted molar refractivity (Wildman–Crippen MR) is 86.6 cm³/mol. The van der Waals surface area contributed by atoms with Crippen molar-refractivity contribution in [2.75, 3.05) is 33.2 Å². The molecular formula is C17H27N3. The van der Waals surface area contributed by atoms with Crippen LogP contribution in [0.1, 0.15) is 19.8 Å². The molecule has 0 radical (unpaired) electrons. The quantitative estimate of drug-likeness (QED) is 0.777. The first-order valence-corrected chi connectivity index (χ1v) is 7.61. The van der Waals surface area contributed by atoms with Crippen molar-refractivity contribution >= 4 is 0 Å². The summed E-state index contributed by atoms with van der Waals surface area (Å²) in [4.78, 5) is 2.35. The summed E-state index contributed by atoms with van der Waals surface area (Å²) in [6, 6.07) is 0.334. The van der Waals surface area contributed by atoms with Crippen LogP contribution in [0.4, 0.5) is 0 Å². The average Bonchev–Trinajstić information content (AvgIpc) is 2.69. The zero-order valence-corrected chi connectivity index (χ0v) is 12.8. The smallest absolute Gasteiger partial charge is 0.0634 e. The van der Waals surface area contributed by atoms with Gasteiger partial charge in [0.2, 0.25) is 0 Å². The molecule has 0 saturated heterocycles. The fraction of sp³-hybridized carbons (Fsp3) is 0.529. The van der Waals surface area contributed by atoms with Crippen LogP contribution in [0.25, 0.3) is 0 Å². The first-order chi connectivity index (χ1) is 9.76. The van der Waals surface area contributed by atoms with Gasteiger partial charge in [0.25, 0.3) is 0 Å². The van der Waals surface area contributed by atoms with Gasteiger partial charge in [0, 0.05) is 13.1 Å². The lowest BCUT2D eigenvalue weighted by Crippen LogP contribution is -2.40. The maximum absolute atomic E-state index is 3.86. The Morgan fingerprint density at radius 3 is 3.15 bits per heavy atom. The van der Waals surface area contributed by atoms with Gasteiger partial charge in [0.05, 0.1) is 6.04 Å². The number of nitrogens with one attached hydrogen (secondary N) is 2. The van der Waals surface area contributed by atoms with Gasteiger partial charge in [-0.05, 0) is 55.9 Å². The number of nitrogens with zero attached hydrogens (tertiary/aromatic N) is 1. The van der Waals surface area contributed by atoms with Crippen molar-refractivity contribution in [3.05, 3.63) is 47.7 Å². The maximum atomic E-state index is 3.86. The van der Waals surface area contributed by atoms with Gasteiger partial charge >= 0.3 is 0 Å². The van der Waals surface area contributed by atoms with E-state index in [1.165, 1.54) is 16.7 Å². The third kappa shape index (κ3) is 3.62. The third-order valence-electron chi connectivity index (χ3n) is 4.12. The van der Waals surface area contributed by atoms with Gasteiger partial charge in [-0.1, -0.05) is 31.7 Å². The van der Waals surface area contributed by atoms with Gasteiger partial charge in [-0.15, -0.1) is 0 Å². The molecule has 2 aliphatic rings. The first kappa shape index (κ1) is 15.1. The van der Waals surface area contributed by atoms with Crippen LogP contribution < -0.4 is 10.6 Å². The highest BCUT2D eigenvalue weighted by atomic mass is 15.1. The highest BCUT2D eigenvalue weighted by molar-refractivity contribution is 5.47. The molecule has 1 heterocycles. The van der Waals surface area contributed by atoms with Crippen molar-refractivity contribution in [3.8, 4) is 0 Å². The predicted octanol–water partition coefficient (Wildman–Crippen LogP) is 2.22. The topological polar surface area (TPSA) is 27.3 Å². The lowest BCUT2D eigenvalue weighted by Gasteiger charge is -2.30. The molecule has 110 valence electrons. The van der Waals surface area contributed by atoms with Crippen molar-refractivity contribution < 1.29 is 0 Å². The highest BCUT2D eigenvalue weighted by Crippen LogP contribution is 2.28. The molecule has 3 heteroatoms. The molecule has 1 aliphatic carbocycles. The highest BCUT2D eigenvalue weighted by Gasteiger charge is 2.22. The minimum Gasteiger partial charge on any atom is -0.383 e. The van der Waals surface area contributed by atoms with E-state index in [1.807, 2.05) is 6.20 Å². The minimum absolute atomic E-state index is 0.334. The third-order valence-corrected chi connectivity index (χ3v) is 4.12. The number of likely N-dealkylation sites (N-methyl/N-ethyl adjacent to an activating group) is 1. The molecule has 3 nitrogen and oxygen atoms in total. The molecule has 0 bridgehead atoms. The number of hydrogen-bond acceptors (Lipinski definition) is 3. The Morgan fingerprint density at radius 1 is 1.55 bits per heavy atom. The van der Waals surface area contributed by atoms with Gasteiger partial charge in [0.15, 0.2) is 0 Å². The van der Waals surface area contributed by atoms with Gasteiger partial charge in [-0.25, -0.2) is 0 Å². The molecule has 0 aromatic carbocycles. The largest absolute Gasteiger partial charge is 0.383 e. The SMILES string of the molecule is C=CNC(CN(C)CC)C1=CCC=CC2=C1CCNC2. The second kappa shape index (κ2) is 7.46. The van der Waals surface area contributed by atoms with Gasteiger partial charge in [-0.2, -0.15) is 0 Å². The van der Waals surface area contributed by atoms with Crippen LogP contribution in [-0.2, 0) is 0 Å². The van der Waals surface area contributed by atoms with Crippen molar-refractivity contribution in [1.29, 1.82) is 0 Å². The summed E-state index contributed by atoms with van der Waals surface area (Å²) in [5.41, 5.74) is 4.45. The van der Waals surface area contributed by atoms with Crippen LogP contribution in [0.15, 0.2) is 47.7 Å². The lowest BCUT2D eigenvalue weighted by atomic mass is 9.89. The Bertz CT molecular complexity index is 432. The van der Waals surface area contributed by atoms with Crippen molar-refractivity contribution in [1.82, 2.24) is 15.5 Å². The molecule has 2 rings (SSSR count). The minimum atomic E-state index is 0.334. The van der Waals surface area contributed by atoms with E-state index in [-0.39, 0.29) is 0 Å². The summed E-state index contributed by atoms with van der Waals surface area (Å²) in [6.45, 7) is 10.2. The molecule has 1 unspecified atom stereocenters. The number of allylic oxidation sites excluding steroid dienone is 2. The van der Waals surface area contributed by atoms with Crippen LogP contribution >= 0.6 is 0 Å². The van der Waals surface area contributed by atoms with Crippen molar-refractivity contribution in [2.24, 2.45) is 0 Å². The summed E-state index contributed by atoms with van der Waals surface area (Å²) in [7, 11) is 2.17. The fourth-order valence-corrected chi connectivity index (χ4v) is 2.90. The Kier molecular flexibility index (Phi) is 5.62. The van der Waals surface area contributed by atoms with Gasteiger partial charge in [0.1, 0.15) is 0 Å². The second-order valence-corrected chi connectivity index (χ2v) is 5.51. The van der Waals surface area contributed by atoms with E-state index in [4.69, 9.17) is 0 Å². The van der Waals surface area contributed by atoms with Crippen molar-refractivity contribution in [3.63, 3.8) is 0 Å². The van der Waals surface area contributed by atoms with E-state index in [0.29, 0.717) is 6.04 Å². The van der Waals surface area contributed by atoms with Gasteiger partial charge in [-0.3, -0.25) is 0 Å². The molecule has 0 aromatic rings. The molecule has 0 aromatic heterocycles. The van der Waals surface area contributed by atoms with Gasteiger partial charge < -0.3 is 15.5 Å². The standard InChI is InChI=1S/C17H27N3/c1-4-19-17(13-20(3)5-2)16-9-7-6-8-14-12-18-11-10-15(14)16/h4,6,8-9,17-19H,1,5,7,10-13H2,2-3H3. The Labute approximate surface area is 123 Å². The Hall–Kier alpha value is -1.32. The second-order valence-electron chi connectivity index (χ2n) is 5.51. The summed E-state index contributed by atoms with van der Waals surface area (Å²) >= 11 is 0. The summed E-state index contributed by atoms with van der Waals surface area (Å²) in [5, 5.41) is 6.92. The lowest BCUT2D eigenvalue weighted by molar-refractivity contribution is 0.327. The number of rotatable bonds is 6. The first-order valence-electron chi connectivity index (χ1n) is 7.61. The summed E-state index contributed by atoms with van der Waals surface area (Å²) in [6.07, 6.45) is 10.9. The Balaban J connectivity index is 2.25. The van der Waals surface area contributed by atoms with E-state index >= 15 is 0 Å². The van der Waals surface area contributed by atoms with E-state index < -0.39 is 0 Å². The van der Waals surface area contributed by atoms with E-state index in [0.717, 1.165) is 39.0 Å². The normalized spacial score (nSPS) is 20.2. The van der Waals surface area contributed by atoms with E-state index in [9.17, 15) is 0 Å². The Morgan fingerprint density at radius 2 is 2.40 bits per heavy atom. The summed E-state index contributed by atoms with van der Waals surface area (Å²) in [5.74, 6) is 0.